The zero-order chi connectivity index (χ0) is 20.0. The fourth-order valence-electron chi connectivity index (χ4n) is 2.47. The van der Waals surface area contributed by atoms with Crippen molar-refractivity contribution in [3.05, 3.63) is 47.5 Å². The monoisotopic (exact) mass is 394 g/mol. The molecule has 27 heavy (non-hydrogen) atoms. The van der Waals surface area contributed by atoms with Gasteiger partial charge in [-0.1, -0.05) is 12.1 Å². The predicted octanol–water partition coefficient (Wildman–Crippen LogP) is 1.33. The van der Waals surface area contributed by atoms with Gasteiger partial charge in [-0.2, -0.15) is 0 Å². The van der Waals surface area contributed by atoms with E-state index in [9.17, 15) is 13.2 Å². The van der Waals surface area contributed by atoms with Crippen LogP contribution in [0.1, 0.15) is 15.9 Å². The lowest BCUT2D eigenvalue weighted by atomic mass is 10.1. The number of nitrogens with two attached hydrogens (primary N) is 1. The Hall–Kier alpha value is -2.78. The van der Waals surface area contributed by atoms with Crippen LogP contribution in [0.5, 0.6) is 17.2 Å². The van der Waals surface area contributed by atoms with Gasteiger partial charge in [0.2, 0.25) is 10.0 Å². The molecule has 146 valence electrons. The fourth-order valence-corrected chi connectivity index (χ4v) is 2.98. The summed E-state index contributed by atoms with van der Waals surface area (Å²) in [6.07, 6.45) is 0.520. The van der Waals surface area contributed by atoms with Gasteiger partial charge >= 0.3 is 0 Å². The second-order valence-corrected chi connectivity index (χ2v) is 7.16. The third kappa shape index (κ3) is 5.11. The minimum atomic E-state index is -3.72. The average molecular weight is 394 g/mol. The quantitative estimate of drug-likeness (QED) is 0.698. The summed E-state index contributed by atoms with van der Waals surface area (Å²) < 4.78 is 38.2. The zero-order valence-electron chi connectivity index (χ0n) is 15.3. The molecule has 0 aliphatic carbocycles. The summed E-state index contributed by atoms with van der Waals surface area (Å²) in [4.78, 5) is 12.5. The van der Waals surface area contributed by atoms with E-state index in [-0.39, 0.29) is 10.8 Å². The van der Waals surface area contributed by atoms with E-state index in [0.717, 1.165) is 5.56 Å². The largest absolute Gasteiger partial charge is 0.496 e. The molecular weight excluding hydrogens is 372 g/mol. The smallest absolute Gasteiger partial charge is 0.255 e. The SMILES string of the molecule is COc1cc(OC)c(C(=O)NCCc2ccc(S(N)(=O)=O)cc2)cc1OC. The van der Waals surface area contributed by atoms with Crippen molar-refractivity contribution in [2.75, 3.05) is 27.9 Å². The van der Waals surface area contributed by atoms with Gasteiger partial charge in [-0.25, -0.2) is 13.6 Å². The molecule has 2 rings (SSSR count). The van der Waals surface area contributed by atoms with Gasteiger partial charge in [-0.15, -0.1) is 0 Å². The molecule has 2 aromatic carbocycles. The Balaban J connectivity index is 2.05. The molecule has 0 aliphatic rings. The highest BCUT2D eigenvalue weighted by Crippen LogP contribution is 2.34. The summed E-state index contributed by atoms with van der Waals surface area (Å²) in [5.41, 5.74) is 1.18. The molecule has 0 spiro atoms. The van der Waals surface area contributed by atoms with Crippen molar-refractivity contribution < 1.29 is 27.4 Å². The molecular formula is C18H22N2O6S. The number of carbonyl (C=O) groups is 1. The normalized spacial score (nSPS) is 11.0. The maximum atomic E-state index is 12.5. The van der Waals surface area contributed by atoms with E-state index in [1.165, 1.54) is 33.5 Å². The van der Waals surface area contributed by atoms with E-state index >= 15 is 0 Å². The molecule has 0 radical (unpaired) electrons. The summed E-state index contributed by atoms with van der Waals surface area (Å²) in [5.74, 6) is 0.916. The predicted molar refractivity (Wildman–Crippen MR) is 100.0 cm³/mol. The number of ether oxygens (including phenoxy) is 3. The van der Waals surface area contributed by atoms with Gasteiger partial charge in [-0.3, -0.25) is 4.79 Å². The second kappa shape index (κ2) is 8.74. The first-order valence-electron chi connectivity index (χ1n) is 8.00. The van der Waals surface area contributed by atoms with Crippen LogP contribution in [0.4, 0.5) is 0 Å². The van der Waals surface area contributed by atoms with Crippen LogP contribution in [-0.2, 0) is 16.4 Å². The second-order valence-electron chi connectivity index (χ2n) is 5.60. The van der Waals surface area contributed by atoms with Gasteiger partial charge in [0, 0.05) is 18.7 Å². The Morgan fingerprint density at radius 3 is 2.04 bits per heavy atom. The molecule has 9 heteroatoms. The molecule has 0 heterocycles. The molecule has 8 nitrogen and oxygen atoms in total. The molecule has 0 saturated heterocycles. The van der Waals surface area contributed by atoms with Crippen molar-refractivity contribution in [1.29, 1.82) is 0 Å². The average Bonchev–Trinajstić information content (AvgIpc) is 2.66. The van der Waals surface area contributed by atoms with Crippen molar-refractivity contribution >= 4 is 15.9 Å². The van der Waals surface area contributed by atoms with Gasteiger partial charge in [0.25, 0.3) is 5.91 Å². The Morgan fingerprint density at radius 1 is 0.963 bits per heavy atom. The van der Waals surface area contributed by atoms with Crippen LogP contribution in [0.3, 0.4) is 0 Å². The summed E-state index contributed by atoms with van der Waals surface area (Å²) in [7, 11) is 0.730. The molecule has 2 aromatic rings. The first kappa shape index (κ1) is 20.5. The topological polar surface area (TPSA) is 117 Å². The van der Waals surface area contributed by atoms with Gasteiger partial charge in [-0.05, 0) is 24.1 Å². The van der Waals surface area contributed by atoms with Crippen LogP contribution in [0.15, 0.2) is 41.3 Å². The number of methoxy groups -OCH3 is 3. The third-order valence-corrected chi connectivity index (χ3v) is 4.83. The van der Waals surface area contributed by atoms with E-state index in [4.69, 9.17) is 19.3 Å². The molecule has 0 atom stereocenters. The van der Waals surface area contributed by atoms with E-state index in [0.29, 0.717) is 35.8 Å². The van der Waals surface area contributed by atoms with Gasteiger partial charge in [0.05, 0.1) is 31.8 Å². The lowest BCUT2D eigenvalue weighted by molar-refractivity contribution is 0.0950. The van der Waals surface area contributed by atoms with Crippen LogP contribution in [0, 0.1) is 0 Å². The Labute approximate surface area is 158 Å². The summed E-state index contributed by atoms with van der Waals surface area (Å²) in [5, 5.41) is 7.86. The Kier molecular flexibility index (Phi) is 6.65. The highest BCUT2D eigenvalue weighted by molar-refractivity contribution is 7.89. The number of hydrogen-bond donors (Lipinski definition) is 2. The molecule has 3 N–H and O–H groups in total. The highest BCUT2D eigenvalue weighted by atomic mass is 32.2. The fraction of sp³-hybridized carbons (Fsp3) is 0.278. The van der Waals surface area contributed by atoms with Crippen LogP contribution in [0.25, 0.3) is 0 Å². The number of amides is 1. The molecule has 0 fully saturated rings. The first-order chi connectivity index (χ1) is 12.8. The zero-order valence-corrected chi connectivity index (χ0v) is 16.1. The van der Waals surface area contributed by atoms with E-state index in [2.05, 4.69) is 5.32 Å². The molecule has 0 aromatic heterocycles. The number of benzene rings is 2. The summed E-state index contributed by atoms with van der Waals surface area (Å²) in [6, 6.07) is 9.31. The Morgan fingerprint density at radius 2 is 1.52 bits per heavy atom. The number of sulfonamides is 1. The lowest BCUT2D eigenvalue weighted by Crippen LogP contribution is -2.26. The number of hydrogen-bond acceptors (Lipinski definition) is 6. The molecule has 0 aliphatic heterocycles. The third-order valence-electron chi connectivity index (χ3n) is 3.90. The number of primary sulfonamides is 1. The molecule has 0 saturated carbocycles. The van der Waals surface area contributed by atoms with Gasteiger partial charge in [0.1, 0.15) is 5.75 Å². The van der Waals surface area contributed by atoms with Crippen molar-refractivity contribution in [3.63, 3.8) is 0 Å². The summed E-state index contributed by atoms with van der Waals surface area (Å²) in [6.45, 7) is 0.352. The van der Waals surface area contributed by atoms with E-state index in [1.807, 2.05) is 0 Å². The van der Waals surface area contributed by atoms with Gasteiger partial charge in [0.15, 0.2) is 11.5 Å². The number of carbonyl (C=O) groups excluding carboxylic acids is 1. The number of rotatable bonds is 8. The van der Waals surface area contributed by atoms with Crippen LogP contribution in [0.2, 0.25) is 0 Å². The van der Waals surface area contributed by atoms with Crippen molar-refractivity contribution in [3.8, 4) is 17.2 Å². The van der Waals surface area contributed by atoms with Crippen molar-refractivity contribution in [2.24, 2.45) is 5.14 Å². The lowest BCUT2D eigenvalue weighted by Gasteiger charge is -2.14. The van der Waals surface area contributed by atoms with Crippen LogP contribution < -0.4 is 24.7 Å². The highest BCUT2D eigenvalue weighted by Gasteiger charge is 2.17. The minimum Gasteiger partial charge on any atom is -0.496 e. The van der Waals surface area contributed by atoms with Crippen molar-refractivity contribution in [1.82, 2.24) is 5.32 Å². The molecule has 1 amide bonds. The molecule has 0 bridgehead atoms. The maximum absolute atomic E-state index is 12.5. The first-order valence-corrected chi connectivity index (χ1v) is 9.54. The van der Waals surface area contributed by atoms with E-state index in [1.54, 1.807) is 24.3 Å². The van der Waals surface area contributed by atoms with Crippen LogP contribution in [-0.4, -0.2) is 42.2 Å². The van der Waals surface area contributed by atoms with Gasteiger partial charge < -0.3 is 19.5 Å². The van der Waals surface area contributed by atoms with Crippen molar-refractivity contribution in [2.45, 2.75) is 11.3 Å². The molecule has 0 unspecified atom stereocenters. The standard InChI is InChI=1S/C18H22N2O6S/c1-24-15-11-17(26-3)16(25-2)10-14(15)18(21)20-9-8-12-4-6-13(7-5-12)27(19,22)23/h4-7,10-11H,8-9H2,1-3H3,(H,20,21)(H2,19,22,23). The van der Waals surface area contributed by atoms with E-state index < -0.39 is 10.0 Å². The Bertz CT molecular complexity index is 910. The number of nitrogens with one attached hydrogen (secondary N) is 1. The maximum Gasteiger partial charge on any atom is 0.255 e. The van der Waals surface area contributed by atoms with Crippen LogP contribution >= 0.6 is 0 Å². The minimum absolute atomic E-state index is 0.0466. The summed E-state index contributed by atoms with van der Waals surface area (Å²) >= 11 is 0.